The summed E-state index contributed by atoms with van der Waals surface area (Å²) < 4.78 is 0. The molecule has 2 rings (SSSR count). The molecular weight excluding hydrogens is 406 g/mol. The zero-order valence-corrected chi connectivity index (χ0v) is 20.6. The van der Waals surface area contributed by atoms with Crippen molar-refractivity contribution in [2.45, 2.75) is 17.7 Å². The Hall–Kier alpha value is -2.71. The lowest BCUT2D eigenvalue weighted by atomic mass is 9.99. The minimum atomic E-state index is -3.35. The summed E-state index contributed by atoms with van der Waals surface area (Å²) in [5.74, 6) is 3.39. The summed E-state index contributed by atoms with van der Waals surface area (Å²) >= 11 is 0. The Balaban J connectivity index is 3.33. The summed E-state index contributed by atoms with van der Waals surface area (Å²) in [6.07, 6.45) is 16.1. The highest BCUT2D eigenvalue weighted by Gasteiger charge is 2.74. The Morgan fingerprint density at radius 2 is 1.22 bits per heavy atom. The molecule has 172 valence electrons. The normalized spacial score (nSPS) is 24.4. The molecule has 1 aromatic rings. The maximum Gasteiger partial charge on any atom is 0.0932 e. The van der Waals surface area contributed by atoms with E-state index in [2.05, 4.69) is 117 Å². The zero-order valence-electron chi connectivity index (χ0n) is 19.8. The van der Waals surface area contributed by atoms with Crippen LogP contribution < -0.4 is 0 Å². The van der Waals surface area contributed by atoms with Crippen LogP contribution in [0.15, 0.2) is 130 Å². The smallest absolute Gasteiger partial charge is 0.0932 e. The van der Waals surface area contributed by atoms with Crippen molar-refractivity contribution in [2.24, 2.45) is 0 Å². The van der Waals surface area contributed by atoms with Gasteiger partial charge in [0, 0.05) is 18.7 Å². The monoisotopic (exact) mass is 447 g/mol. The second-order valence-electron chi connectivity index (χ2n) is 9.05. The number of allylic oxidation sites excluding steroid dienone is 1. The molecule has 0 fully saturated rings. The SMILES string of the molecule is C=CCC1=CS(CC=C)(CC=C)(CC=C)(CC=C)C(CC=C)(c2ccccc2)N1CC=C. The van der Waals surface area contributed by atoms with Crippen LogP contribution in [-0.2, 0) is 4.87 Å². The molecule has 1 aliphatic rings. The summed E-state index contributed by atoms with van der Waals surface area (Å²) in [7, 11) is -3.35. The lowest BCUT2D eigenvalue weighted by Crippen LogP contribution is -2.62. The van der Waals surface area contributed by atoms with E-state index in [-0.39, 0.29) is 4.87 Å². The van der Waals surface area contributed by atoms with Gasteiger partial charge >= 0.3 is 0 Å². The van der Waals surface area contributed by atoms with Crippen molar-refractivity contribution in [3.8, 4) is 0 Å². The van der Waals surface area contributed by atoms with Gasteiger partial charge in [-0.25, -0.2) is 8.29 Å². The molecule has 1 atom stereocenters. The zero-order chi connectivity index (χ0) is 23.8. The molecule has 0 saturated heterocycles. The molecule has 32 heavy (non-hydrogen) atoms. The highest BCUT2D eigenvalue weighted by Crippen LogP contribution is 3.02. The van der Waals surface area contributed by atoms with E-state index in [1.54, 1.807) is 0 Å². The summed E-state index contributed by atoms with van der Waals surface area (Å²) in [6.45, 7) is 30.3. The third kappa shape index (κ3) is 3.16. The molecule has 1 unspecified atom stereocenters. The molecule has 1 aliphatic heterocycles. The Labute approximate surface area is 195 Å². The first kappa shape index (κ1) is 25.5. The van der Waals surface area contributed by atoms with Gasteiger partial charge in [-0.2, -0.15) is 0 Å². The van der Waals surface area contributed by atoms with E-state index >= 15 is 0 Å². The van der Waals surface area contributed by atoms with E-state index < -0.39 is 8.29 Å². The van der Waals surface area contributed by atoms with Crippen molar-refractivity contribution in [1.82, 2.24) is 4.90 Å². The van der Waals surface area contributed by atoms with Crippen molar-refractivity contribution in [3.05, 3.63) is 136 Å². The molecule has 1 aromatic carbocycles. The van der Waals surface area contributed by atoms with Crippen LogP contribution in [0.5, 0.6) is 0 Å². The highest BCUT2D eigenvalue weighted by atomic mass is 32.4. The molecule has 1 nitrogen and oxygen atoms in total. The van der Waals surface area contributed by atoms with Crippen molar-refractivity contribution in [2.75, 3.05) is 29.6 Å². The summed E-state index contributed by atoms with van der Waals surface area (Å²) in [4.78, 5) is 2.19. The molecular formula is C30H41NS. The van der Waals surface area contributed by atoms with Crippen LogP contribution in [0.1, 0.15) is 18.4 Å². The van der Waals surface area contributed by atoms with Crippen LogP contribution >= 0.6 is 8.29 Å². The molecule has 2 heteroatoms. The van der Waals surface area contributed by atoms with Crippen molar-refractivity contribution in [3.63, 3.8) is 0 Å². The van der Waals surface area contributed by atoms with Gasteiger partial charge in [0.15, 0.2) is 0 Å². The summed E-state index contributed by atoms with van der Waals surface area (Å²) in [6, 6.07) is 10.9. The van der Waals surface area contributed by atoms with Gasteiger partial charge in [0.25, 0.3) is 0 Å². The Morgan fingerprint density at radius 3 is 1.62 bits per heavy atom. The average molecular weight is 448 g/mol. The molecule has 0 aliphatic carbocycles. The molecule has 0 saturated carbocycles. The first-order valence-corrected chi connectivity index (χ1v) is 14.4. The molecule has 0 amide bonds. The minimum absolute atomic E-state index is 0.375. The standard InChI is InChI=1S/C30H41NS/c1-8-18-29-27-32(23-11-4,24-12-5,25-13-6,26-14-7)30(21-9-2,31(29)22-10-3)28-19-16-15-17-20-28/h8-17,19-20,27H,1-7,18,21-26H2. The van der Waals surface area contributed by atoms with E-state index in [9.17, 15) is 0 Å². The number of hydrogen-bond acceptors (Lipinski definition) is 1. The average Bonchev–Trinajstić information content (AvgIpc) is 2.96. The summed E-state index contributed by atoms with van der Waals surface area (Å²) in [5, 5.41) is 2.62. The summed E-state index contributed by atoms with van der Waals surface area (Å²) in [5.41, 5.74) is 2.56. The van der Waals surface area contributed by atoms with Crippen LogP contribution in [0.3, 0.4) is 0 Å². The fourth-order valence-electron chi connectivity index (χ4n) is 6.54. The number of benzene rings is 1. The van der Waals surface area contributed by atoms with Crippen LogP contribution in [-0.4, -0.2) is 34.5 Å². The van der Waals surface area contributed by atoms with Gasteiger partial charge in [-0.1, -0.05) is 72.9 Å². The molecule has 0 aromatic heterocycles. The largest absolute Gasteiger partial charge is 0.354 e. The maximum atomic E-state index is 4.28. The molecule has 0 radical (unpaired) electrons. The Kier molecular flexibility index (Phi) is 7.52. The third-order valence-electron chi connectivity index (χ3n) is 7.38. The van der Waals surface area contributed by atoms with E-state index in [0.29, 0.717) is 0 Å². The highest BCUT2D eigenvalue weighted by molar-refractivity contribution is 8.67. The fraction of sp³-hybridized carbons (Fsp3) is 0.267. The Bertz CT molecular complexity index is 893. The van der Waals surface area contributed by atoms with Gasteiger partial charge in [0.1, 0.15) is 0 Å². The second kappa shape index (κ2) is 9.42. The van der Waals surface area contributed by atoms with Gasteiger partial charge < -0.3 is 4.90 Å². The molecule has 0 bridgehead atoms. The van der Waals surface area contributed by atoms with Crippen LogP contribution in [0.4, 0.5) is 0 Å². The van der Waals surface area contributed by atoms with E-state index in [1.807, 2.05) is 12.2 Å². The first-order chi connectivity index (χ1) is 15.4. The maximum absolute atomic E-state index is 4.28. The third-order valence-corrected chi connectivity index (χ3v) is 16.6. The van der Waals surface area contributed by atoms with Gasteiger partial charge in [-0.15, -0.1) is 46.1 Å². The second-order valence-corrected chi connectivity index (χ2v) is 16.5. The number of rotatable bonds is 15. The quantitative estimate of drug-likeness (QED) is 0.247. The lowest BCUT2D eigenvalue weighted by Gasteiger charge is -2.84. The fourth-order valence-corrected chi connectivity index (χ4v) is 15.8. The van der Waals surface area contributed by atoms with Crippen molar-refractivity contribution >= 4 is 8.29 Å². The minimum Gasteiger partial charge on any atom is -0.354 e. The van der Waals surface area contributed by atoms with E-state index in [4.69, 9.17) is 0 Å². The number of hydrogen-bond donors (Lipinski definition) is 0. The van der Waals surface area contributed by atoms with Crippen molar-refractivity contribution in [1.29, 1.82) is 0 Å². The lowest BCUT2D eigenvalue weighted by molar-refractivity contribution is 0.240. The molecule has 0 spiro atoms. The van der Waals surface area contributed by atoms with Crippen LogP contribution in [0.2, 0.25) is 0 Å². The first-order valence-electron chi connectivity index (χ1n) is 11.2. The van der Waals surface area contributed by atoms with Crippen LogP contribution in [0, 0.1) is 0 Å². The van der Waals surface area contributed by atoms with Crippen molar-refractivity contribution < 1.29 is 0 Å². The van der Waals surface area contributed by atoms with Gasteiger partial charge in [-0.3, -0.25) is 0 Å². The topological polar surface area (TPSA) is 3.24 Å². The van der Waals surface area contributed by atoms with Crippen LogP contribution in [0.25, 0.3) is 0 Å². The van der Waals surface area contributed by atoms with E-state index in [0.717, 1.165) is 42.4 Å². The molecule has 0 N–H and O–H groups in total. The van der Waals surface area contributed by atoms with Gasteiger partial charge in [-0.05, 0) is 40.4 Å². The predicted octanol–water partition coefficient (Wildman–Crippen LogP) is 7.95. The predicted molar refractivity (Wildman–Crippen MR) is 151 cm³/mol. The number of nitrogens with zero attached hydrogens (tertiary/aromatic N) is 1. The Morgan fingerprint density at radius 1 is 0.688 bits per heavy atom. The molecule has 1 heterocycles. The van der Waals surface area contributed by atoms with Gasteiger partial charge in [0.05, 0.1) is 4.87 Å². The van der Waals surface area contributed by atoms with E-state index in [1.165, 1.54) is 11.3 Å². The van der Waals surface area contributed by atoms with Gasteiger partial charge in [0.2, 0.25) is 0 Å².